The third kappa shape index (κ3) is 1.90. The highest BCUT2D eigenvalue weighted by Gasteiger charge is 2.22. The van der Waals surface area contributed by atoms with E-state index in [0.717, 1.165) is 35.6 Å². The lowest BCUT2D eigenvalue weighted by Crippen LogP contribution is -2.21. The molecule has 1 aromatic rings. The molecule has 0 saturated carbocycles. The molecule has 0 bridgehead atoms. The monoisotopic (exact) mass is 205 g/mol. The average molecular weight is 205 g/mol. The largest absolute Gasteiger partial charge is 0.314 e. The standard InChI is InChI=1S/C11H15N3O/c1-7-13-8-4-3-5-10(15)11(8)9(14-7)6-12-2/h12H,3-6H2,1-2H3. The second-order valence-electron chi connectivity index (χ2n) is 3.85. The van der Waals surface area contributed by atoms with Crippen molar-refractivity contribution in [3.8, 4) is 0 Å². The number of carbonyl (C=O) groups excluding carboxylic acids is 1. The molecule has 0 aromatic carbocycles. The van der Waals surface area contributed by atoms with Crippen LogP contribution in [0.25, 0.3) is 0 Å². The van der Waals surface area contributed by atoms with E-state index in [1.54, 1.807) is 0 Å². The van der Waals surface area contributed by atoms with Crippen molar-refractivity contribution >= 4 is 5.78 Å². The number of nitrogens with zero attached hydrogens (tertiary/aromatic N) is 2. The van der Waals surface area contributed by atoms with E-state index in [1.165, 1.54) is 0 Å². The van der Waals surface area contributed by atoms with E-state index in [0.29, 0.717) is 13.0 Å². The normalized spacial score (nSPS) is 15.2. The number of rotatable bonds is 2. The number of Topliss-reactive ketones (excluding diaryl/α,β-unsaturated/α-hetero) is 1. The Morgan fingerprint density at radius 1 is 1.33 bits per heavy atom. The van der Waals surface area contributed by atoms with Gasteiger partial charge in [-0.3, -0.25) is 4.79 Å². The average Bonchev–Trinajstić information content (AvgIpc) is 2.17. The zero-order chi connectivity index (χ0) is 10.8. The van der Waals surface area contributed by atoms with Crippen molar-refractivity contribution in [2.24, 2.45) is 0 Å². The molecule has 80 valence electrons. The van der Waals surface area contributed by atoms with E-state index >= 15 is 0 Å². The summed E-state index contributed by atoms with van der Waals surface area (Å²) in [6.07, 6.45) is 2.46. The second kappa shape index (κ2) is 4.06. The highest BCUT2D eigenvalue weighted by molar-refractivity contribution is 5.99. The van der Waals surface area contributed by atoms with Crippen LogP contribution in [0.3, 0.4) is 0 Å². The summed E-state index contributed by atoms with van der Waals surface area (Å²) in [6, 6.07) is 0. The Morgan fingerprint density at radius 3 is 2.87 bits per heavy atom. The van der Waals surface area contributed by atoms with Crippen LogP contribution in [0.5, 0.6) is 0 Å². The maximum absolute atomic E-state index is 11.8. The Morgan fingerprint density at radius 2 is 2.13 bits per heavy atom. The summed E-state index contributed by atoms with van der Waals surface area (Å²) in [7, 11) is 1.86. The van der Waals surface area contributed by atoms with Gasteiger partial charge in [-0.2, -0.15) is 0 Å². The van der Waals surface area contributed by atoms with Crippen LogP contribution < -0.4 is 5.32 Å². The molecule has 1 heterocycles. The molecule has 0 spiro atoms. The molecular weight excluding hydrogens is 190 g/mol. The fourth-order valence-electron chi connectivity index (χ4n) is 2.03. The number of carbonyl (C=O) groups is 1. The second-order valence-corrected chi connectivity index (χ2v) is 3.85. The molecule has 1 aliphatic rings. The van der Waals surface area contributed by atoms with Gasteiger partial charge in [-0.1, -0.05) is 0 Å². The Balaban J connectivity index is 2.53. The summed E-state index contributed by atoms with van der Waals surface area (Å²) in [5.74, 6) is 0.954. The third-order valence-electron chi connectivity index (χ3n) is 2.61. The van der Waals surface area contributed by atoms with Crippen LogP contribution in [0.4, 0.5) is 0 Å². The van der Waals surface area contributed by atoms with Gasteiger partial charge in [-0.25, -0.2) is 9.97 Å². The SMILES string of the molecule is CNCc1nc(C)nc2c1C(=O)CCC2. The zero-order valence-corrected chi connectivity index (χ0v) is 9.13. The predicted octanol–water partition coefficient (Wildman–Crippen LogP) is 1.02. The molecule has 0 atom stereocenters. The number of fused-ring (bicyclic) bond motifs is 1. The molecule has 1 N–H and O–H groups in total. The highest BCUT2D eigenvalue weighted by Crippen LogP contribution is 2.22. The first-order chi connectivity index (χ1) is 7.22. The smallest absolute Gasteiger partial charge is 0.166 e. The van der Waals surface area contributed by atoms with Crippen molar-refractivity contribution in [1.82, 2.24) is 15.3 Å². The zero-order valence-electron chi connectivity index (χ0n) is 9.13. The topological polar surface area (TPSA) is 54.9 Å². The number of hydrogen-bond acceptors (Lipinski definition) is 4. The summed E-state index contributed by atoms with van der Waals surface area (Å²) in [4.78, 5) is 20.5. The van der Waals surface area contributed by atoms with Crippen molar-refractivity contribution in [3.63, 3.8) is 0 Å². The van der Waals surface area contributed by atoms with Crippen molar-refractivity contribution in [1.29, 1.82) is 0 Å². The van der Waals surface area contributed by atoms with E-state index in [4.69, 9.17) is 0 Å². The van der Waals surface area contributed by atoms with Gasteiger partial charge in [-0.15, -0.1) is 0 Å². The van der Waals surface area contributed by atoms with Gasteiger partial charge in [0.1, 0.15) is 5.82 Å². The van der Waals surface area contributed by atoms with E-state index in [9.17, 15) is 4.79 Å². The molecule has 4 nitrogen and oxygen atoms in total. The Kier molecular flexibility index (Phi) is 2.77. The highest BCUT2D eigenvalue weighted by atomic mass is 16.1. The van der Waals surface area contributed by atoms with Gasteiger partial charge >= 0.3 is 0 Å². The first-order valence-corrected chi connectivity index (χ1v) is 5.26. The molecule has 0 saturated heterocycles. The minimum atomic E-state index is 0.196. The van der Waals surface area contributed by atoms with E-state index in [1.807, 2.05) is 14.0 Å². The number of hydrogen-bond donors (Lipinski definition) is 1. The molecular formula is C11H15N3O. The third-order valence-corrected chi connectivity index (χ3v) is 2.61. The van der Waals surface area contributed by atoms with Gasteiger partial charge in [-0.05, 0) is 26.8 Å². The van der Waals surface area contributed by atoms with Crippen LogP contribution in [0.2, 0.25) is 0 Å². The maximum atomic E-state index is 11.8. The fourth-order valence-corrected chi connectivity index (χ4v) is 2.03. The van der Waals surface area contributed by atoms with Crippen LogP contribution in [0, 0.1) is 6.92 Å². The van der Waals surface area contributed by atoms with E-state index in [2.05, 4.69) is 15.3 Å². The molecule has 0 fully saturated rings. The molecule has 2 rings (SSSR count). The molecule has 15 heavy (non-hydrogen) atoms. The van der Waals surface area contributed by atoms with Crippen LogP contribution in [0.1, 0.15) is 40.4 Å². The predicted molar refractivity (Wildman–Crippen MR) is 56.8 cm³/mol. The summed E-state index contributed by atoms with van der Waals surface area (Å²) >= 11 is 0. The molecule has 1 aliphatic carbocycles. The molecule has 0 radical (unpaired) electrons. The van der Waals surface area contributed by atoms with Crippen LogP contribution in [-0.4, -0.2) is 22.8 Å². The summed E-state index contributed by atoms with van der Waals surface area (Å²) in [5.41, 5.74) is 2.55. The lowest BCUT2D eigenvalue weighted by molar-refractivity contribution is 0.0969. The van der Waals surface area contributed by atoms with Crippen LogP contribution in [0.15, 0.2) is 0 Å². The molecule has 0 unspecified atom stereocenters. The molecule has 0 aliphatic heterocycles. The summed E-state index contributed by atoms with van der Waals surface area (Å²) < 4.78 is 0. The maximum Gasteiger partial charge on any atom is 0.166 e. The van der Waals surface area contributed by atoms with Crippen molar-refractivity contribution in [2.75, 3.05) is 7.05 Å². The van der Waals surface area contributed by atoms with E-state index in [-0.39, 0.29) is 5.78 Å². The Bertz CT molecular complexity index is 401. The first-order valence-electron chi connectivity index (χ1n) is 5.26. The van der Waals surface area contributed by atoms with Crippen molar-refractivity contribution < 1.29 is 4.79 Å². The van der Waals surface area contributed by atoms with Gasteiger partial charge < -0.3 is 5.32 Å². The number of aryl methyl sites for hydroxylation is 2. The lowest BCUT2D eigenvalue weighted by Gasteiger charge is -2.17. The fraction of sp³-hybridized carbons (Fsp3) is 0.545. The van der Waals surface area contributed by atoms with Crippen molar-refractivity contribution in [2.45, 2.75) is 32.7 Å². The Hall–Kier alpha value is -1.29. The first kappa shape index (κ1) is 10.2. The van der Waals surface area contributed by atoms with Gasteiger partial charge in [0.05, 0.1) is 17.0 Å². The Labute approximate surface area is 89.1 Å². The minimum absolute atomic E-state index is 0.196. The molecule has 4 heteroatoms. The number of ketones is 1. The van der Waals surface area contributed by atoms with Gasteiger partial charge in [0.25, 0.3) is 0 Å². The minimum Gasteiger partial charge on any atom is -0.314 e. The van der Waals surface area contributed by atoms with Gasteiger partial charge in [0, 0.05) is 13.0 Å². The van der Waals surface area contributed by atoms with Gasteiger partial charge in [0.15, 0.2) is 5.78 Å². The summed E-state index contributed by atoms with van der Waals surface area (Å²) in [6.45, 7) is 2.51. The molecule has 1 aromatic heterocycles. The van der Waals surface area contributed by atoms with Gasteiger partial charge in [0.2, 0.25) is 0 Å². The summed E-state index contributed by atoms with van der Waals surface area (Å²) in [5, 5.41) is 3.04. The number of nitrogens with one attached hydrogen (secondary N) is 1. The van der Waals surface area contributed by atoms with Crippen molar-refractivity contribution in [3.05, 3.63) is 22.8 Å². The molecule has 0 amide bonds. The lowest BCUT2D eigenvalue weighted by atomic mass is 9.93. The quantitative estimate of drug-likeness (QED) is 0.783. The number of aromatic nitrogens is 2. The van der Waals surface area contributed by atoms with Crippen LogP contribution >= 0.6 is 0 Å². The van der Waals surface area contributed by atoms with Crippen LogP contribution in [-0.2, 0) is 13.0 Å². The van der Waals surface area contributed by atoms with E-state index < -0.39 is 0 Å².